The molecule has 80 valence electrons. The maximum absolute atomic E-state index is 12.0. The van der Waals surface area contributed by atoms with Crippen molar-refractivity contribution in [3.8, 4) is 0 Å². The summed E-state index contributed by atoms with van der Waals surface area (Å²) in [6, 6.07) is 0.833. The van der Waals surface area contributed by atoms with Gasteiger partial charge in [-0.15, -0.1) is 0 Å². The Labute approximate surface area is 87.5 Å². The van der Waals surface area contributed by atoms with Crippen molar-refractivity contribution in [1.82, 2.24) is 15.2 Å². The number of carbonyl (C=O) groups is 1. The molecule has 2 atom stereocenters. The number of amides is 1. The standard InChI is InChI=1S/C10H13N3O2/c14-10(9-5-11-6-15-9)13-4-2-7-8(13)1-3-12-7/h5-8,12H,1-4H2. The molecule has 3 heterocycles. The van der Waals surface area contributed by atoms with E-state index in [0.29, 0.717) is 17.8 Å². The Balaban J connectivity index is 1.80. The summed E-state index contributed by atoms with van der Waals surface area (Å²) < 4.78 is 5.03. The number of nitrogens with one attached hydrogen (secondary N) is 1. The zero-order valence-electron chi connectivity index (χ0n) is 8.35. The minimum Gasteiger partial charge on any atom is -0.438 e. The molecule has 1 aromatic rings. The number of rotatable bonds is 1. The Morgan fingerprint density at radius 2 is 2.53 bits per heavy atom. The number of hydrogen-bond donors (Lipinski definition) is 1. The highest BCUT2D eigenvalue weighted by atomic mass is 16.3. The van der Waals surface area contributed by atoms with E-state index in [4.69, 9.17) is 4.42 Å². The van der Waals surface area contributed by atoms with Gasteiger partial charge in [-0.25, -0.2) is 4.98 Å². The quantitative estimate of drug-likeness (QED) is 0.717. The largest absolute Gasteiger partial charge is 0.438 e. The van der Waals surface area contributed by atoms with Crippen molar-refractivity contribution >= 4 is 5.91 Å². The van der Waals surface area contributed by atoms with Crippen LogP contribution in [0.25, 0.3) is 0 Å². The van der Waals surface area contributed by atoms with Crippen LogP contribution in [0.2, 0.25) is 0 Å². The molecule has 15 heavy (non-hydrogen) atoms. The van der Waals surface area contributed by atoms with E-state index in [1.165, 1.54) is 12.6 Å². The second-order valence-electron chi connectivity index (χ2n) is 4.07. The number of aromatic nitrogens is 1. The van der Waals surface area contributed by atoms with Gasteiger partial charge in [-0.05, 0) is 19.4 Å². The van der Waals surface area contributed by atoms with Crippen molar-refractivity contribution in [2.75, 3.05) is 13.1 Å². The van der Waals surface area contributed by atoms with Crippen molar-refractivity contribution in [3.63, 3.8) is 0 Å². The summed E-state index contributed by atoms with van der Waals surface area (Å²) in [6.07, 6.45) is 4.88. The highest BCUT2D eigenvalue weighted by molar-refractivity contribution is 5.91. The SMILES string of the molecule is O=C(c1cnco1)N1CCC2NCCC21. The molecule has 0 radical (unpaired) electrons. The smallest absolute Gasteiger partial charge is 0.291 e. The van der Waals surface area contributed by atoms with Gasteiger partial charge in [0.2, 0.25) is 5.76 Å². The van der Waals surface area contributed by atoms with Crippen LogP contribution in [0.3, 0.4) is 0 Å². The number of carbonyl (C=O) groups excluding carboxylic acids is 1. The first-order valence-electron chi connectivity index (χ1n) is 5.29. The van der Waals surface area contributed by atoms with E-state index in [9.17, 15) is 4.79 Å². The zero-order valence-corrected chi connectivity index (χ0v) is 8.35. The molecule has 5 nitrogen and oxygen atoms in total. The molecule has 1 aromatic heterocycles. The Bertz CT molecular complexity index is 363. The fraction of sp³-hybridized carbons (Fsp3) is 0.600. The van der Waals surface area contributed by atoms with E-state index < -0.39 is 0 Å². The number of oxazole rings is 1. The van der Waals surface area contributed by atoms with E-state index in [-0.39, 0.29) is 5.91 Å². The van der Waals surface area contributed by atoms with Gasteiger partial charge < -0.3 is 14.6 Å². The number of nitrogens with zero attached hydrogens (tertiary/aromatic N) is 2. The van der Waals surface area contributed by atoms with Crippen molar-refractivity contribution in [2.45, 2.75) is 24.9 Å². The molecular formula is C10H13N3O2. The van der Waals surface area contributed by atoms with Crippen molar-refractivity contribution < 1.29 is 9.21 Å². The van der Waals surface area contributed by atoms with Gasteiger partial charge in [0.1, 0.15) is 0 Å². The molecular weight excluding hydrogens is 194 g/mol. The predicted octanol–water partition coefficient (Wildman–Crippen LogP) is 0.251. The molecule has 3 rings (SSSR count). The number of fused-ring (bicyclic) bond motifs is 1. The van der Waals surface area contributed by atoms with Crippen LogP contribution in [-0.4, -0.2) is 41.0 Å². The van der Waals surface area contributed by atoms with Crippen LogP contribution >= 0.6 is 0 Å². The van der Waals surface area contributed by atoms with E-state index in [0.717, 1.165) is 25.9 Å². The predicted molar refractivity (Wildman–Crippen MR) is 52.4 cm³/mol. The third kappa shape index (κ3) is 1.34. The lowest BCUT2D eigenvalue weighted by Gasteiger charge is -2.21. The normalized spacial score (nSPS) is 29.5. The lowest BCUT2D eigenvalue weighted by Crippen LogP contribution is -2.38. The Morgan fingerprint density at radius 3 is 3.33 bits per heavy atom. The maximum Gasteiger partial charge on any atom is 0.291 e. The molecule has 2 fully saturated rings. The van der Waals surface area contributed by atoms with E-state index in [2.05, 4.69) is 10.3 Å². The van der Waals surface area contributed by atoms with Gasteiger partial charge in [0.25, 0.3) is 5.91 Å². The van der Waals surface area contributed by atoms with Crippen molar-refractivity contribution in [1.29, 1.82) is 0 Å². The molecule has 5 heteroatoms. The topological polar surface area (TPSA) is 58.4 Å². The summed E-state index contributed by atoms with van der Waals surface area (Å²) in [5.41, 5.74) is 0. The summed E-state index contributed by atoms with van der Waals surface area (Å²) in [6.45, 7) is 1.83. The lowest BCUT2D eigenvalue weighted by molar-refractivity contribution is 0.0704. The molecule has 2 aliphatic heterocycles. The summed E-state index contributed by atoms with van der Waals surface area (Å²) in [5, 5.41) is 3.41. The molecule has 2 aliphatic rings. The Kier molecular flexibility index (Phi) is 1.98. The van der Waals surface area contributed by atoms with Crippen LogP contribution in [0.5, 0.6) is 0 Å². The van der Waals surface area contributed by atoms with Gasteiger partial charge >= 0.3 is 0 Å². The molecule has 0 bridgehead atoms. The third-order valence-electron chi connectivity index (χ3n) is 3.30. The van der Waals surface area contributed by atoms with Crippen LogP contribution in [-0.2, 0) is 0 Å². The maximum atomic E-state index is 12.0. The first-order chi connectivity index (χ1) is 7.36. The number of hydrogen-bond acceptors (Lipinski definition) is 4. The van der Waals surface area contributed by atoms with Crippen LogP contribution < -0.4 is 5.32 Å². The highest BCUT2D eigenvalue weighted by Gasteiger charge is 2.40. The van der Waals surface area contributed by atoms with E-state index >= 15 is 0 Å². The molecule has 1 amide bonds. The van der Waals surface area contributed by atoms with E-state index in [1.54, 1.807) is 0 Å². The molecule has 2 unspecified atom stereocenters. The van der Waals surface area contributed by atoms with Gasteiger partial charge in [-0.3, -0.25) is 4.79 Å². The van der Waals surface area contributed by atoms with Gasteiger partial charge in [0.05, 0.1) is 6.20 Å². The molecule has 0 spiro atoms. The van der Waals surface area contributed by atoms with Gasteiger partial charge in [0, 0.05) is 18.6 Å². The highest BCUT2D eigenvalue weighted by Crippen LogP contribution is 2.26. The first-order valence-corrected chi connectivity index (χ1v) is 5.29. The summed E-state index contributed by atoms with van der Waals surface area (Å²) in [7, 11) is 0. The Hall–Kier alpha value is -1.36. The number of likely N-dealkylation sites (tertiary alicyclic amines) is 1. The monoisotopic (exact) mass is 207 g/mol. The third-order valence-corrected chi connectivity index (χ3v) is 3.30. The van der Waals surface area contributed by atoms with Gasteiger partial charge in [-0.2, -0.15) is 0 Å². The van der Waals surface area contributed by atoms with Crippen molar-refractivity contribution in [3.05, 3.63) is 18.4 Å². The fourth-order valence-corrected chi connectivity index (χ4v) is 2.58. The van der Waals surface area contributed by atoms with Crippen molar-refractivity contribution in [2.24, 2.45) is 0 Å². The molecule has 0 saturated carbocycles. The molecule has 2 saturated heterocycles. The van der Waals surface area contributed by atoms with Gasteiger partial charge in [0.15, 0.2) is 6.39 Å². The Morgan fingerprint density at radius 1 is 1.60 bits per heavy atom. The summed E-state index contributed by atoms with van der Waals surface area (Å²) in [4.78, 5) is 17.7. The minimum absolute atomic E-state index is 0.0244. The summed E-state index contributed by atoms with van der Waals surface area (Å²) >= 11 is 0. The second kappa shape index (κ2) is 3.34. The average molecular weight is 207 g/mol. The van der Waals surface area contributed by atoms with Crippen LogP contribution in [0, 0.1) is 0 Å². The average Bonchev–Trinajstić information content (AvgIpc) is 2.94. The van der Waals surface area contributed by atoms with Crippen LogP contribution in [0.4, 0.5) is 0 Å². The minimum atomic E-state index is -0.0244. The lowest BCUT2D eigenvalue weighted by atomic mass is 10.1. The molecule has 0 aromatic carbocycles. The summed E-state index contributed by atoms with van der Waals surface area (Å²) in [5.74, 6) is 0.325. The first kappa shape index (κ1) is 8.91. The zero-order chi connectivity index (χ0) is 10.3. The van der Waals surface area contributed by atoms with Crippen LogP contribution in [0.1, 0.15) is 23.4 Å². The van der Waals surface area contributed by atoms with E-state index in [1.807, 2.05) is 4.90 Å². The molecule has 0 aliphatic carbocycles. The van der Waals surface area contributed by atoms with Gasteiger partial charge in [-0.1, -0.05) is 0 Å². The molecule has 1 N–H and O–H groups in total. The second-order valence-corrected chi connectivity index (χ2v) is 4.07. The van der Waals surface area contributed by atoms with Crippen LogP contribution in [0.15, 0.2) is 17.0 Å². The fourth-order valence-electron chi connectivity index (χ4n) is 2.58.